The number of nitrogens with zero attached hydrogens (tertiary/aromatic N) is 1. The molecular formula is C19H16BrClN2OS2. The lowest BCUT2D eigenvalue weighted by Gasteiger charge is -2.12. The number of halogens is 2. The van der Waals surface area contributed by atoms with Crippen molar-refractivity contribution in [1.82, 2.24) is 4.98 Å². The van der Waals surface area contributed by atoms with Gasteiger partial charge in [0.2, 0.25) is 0 Å². The van der Waals surface area contributed by atoms with E-state index in [1.807, 2.05) is 29.8 Å². The number of amides is 1. The molecule has 2 aromatic heterocycles. The Labute approximate surface area is 173 Å². The predicted molar refractivity (Wildman–Crippen MR) is 113 cm³/mol. The van der Waals surface area contributed by atoms with E-state index in [0.29, 0.717) is 10.2 Å². The Bertz CT molecular complexity index is 966. The molecule has 3 nitrogen and oxygen atoms in total. The Morgan fingerprint density at radius 1 is 1.31 bits per heavy atom. The Morgan fingerprint density at radius 2 is 2.15 bits per heavy atom. The maximum Gasteiger partial charge on any atom is 0.258 e. The summed E-state index contributed by atoms with van der Waals surface area (Å²) < 4.78 is 0.888. The highest BCUT2D eigenvalue weighted by Gasteiger charge is 2.20. The SMILES string of the molecule is O=C(Nc1ncc(Cc2ccc(Br)c(Cl)c2)s1)c1csc2c1CCCC2. The third kappa shape index (κ3) is 3.88. The average molecular weight is 468 g/mol. The molecule has 1 aliphatic carbocycles. The van der Waals surface area contributed by atoms with Crippen LogP contribution in [0.1, 0.15) is 44.1 Å². The summed E-state index contributed by atoms with van der Waals surface area (Å²) >= 11 is 12.8. The normalized spacial score (nSPS) is 13.5. The number of rotatable bonds is 4. The summed E-state index contributed by atoms with van der Waals surface area (Å²) in [6.07, 6.45) is 7.07. The van der Waals surface area contributed by atoms with E-state index in [0.717, 1.165) is 39.7 Å². The molecule has 1 amide bonds. The third-order valence-corrected chi connectivity index (χ3v) is 7.68. The van der Waals surface area contributed by atoms with Crippen molar-refractivity contribution in [3.8, 4) is 0 Å². The van der Waals surface area contributed by atoms with Crippen LogP contribution < -0.4 is 5.32 Å². The minimum atomic E-state index is -0.0445. The lowest BCUT2D eigenvalue weighted by atomic mass is 9.96. The second kappa shape index (κ2) is 7.80. The van der Waals surface area contributed by atoms with Crippen LogP contribution in [0.2, 0.25) is 5.02 Å². The Hall–Kier alpha value is -1.21. The smallest absolute Gasteiger partial charge is 0.258 e. The first kappa shape index (κ1) is 18.2. The van der Waals surface area contributed by atoms with Gasteiger partial charge in [-0.3, -0.25) is 10.1 Å². The minimum Gasteiger partial charge on any atom is -0.298 e. The van der Waals surface area contributed by atoms with Gasteiger partial charge in [-0.15, -0.1) is 22.7 Å². The Kier molecular flexibility index (Phi) is 5.45. The number of anilines is 1. The predicted octanol–water partition coefficient (Wildman–Crippen LogP) is 6.34. The molecule has 0 aliphatic heterocycles. The van der Waals surface area contributed by atoms with E-state index in [9.17, 15) is 4.79 Å². The van der Waals surface area contributed by atoms with E-state index < -0.39 is 0 Å². The fraction of sp³-hybridized carbons (Fsp3) is 0.263. The summed E-state index contributed by atoms with van der Waals surface area (Å²) in [4.78, 5) is 19.5. The van der Waals surface area contributed by atoms with E-state index in [-0.39, 0.29) is 5.91 Å². The first-order valence-electron chi connectivity index (χ1n) is 8.39. The van der Waals surface area contributed by atoms with Gasteiger partial charge in [-0.1, -0.05) is 17.7 Å². The molecule has 1 aliphatic rings. The van der Waals surface area contributed by atoms with Crippen molar-refractivity contribution >= 4 is 61.2 Å². The topological polar surface area (TPSA) is 42.0 Å². The second-order valence-corrected chi connectivity index (χ2v) is 9.61. The number of carbonyl (C=O) groups is 1. The molecule has 3 aromatic rings. The monoisotopic (exact) mass is 466 g/mol. The largest absolute Gasteiger partial charge is 0.298 e. The zero-order valence-electron chi connectivity index (χ0n) is 13.9. The molecule has 0 saturated carbocycles. The number of thiophene rings is 1. The summed E-state index contributed by atoms with van der Waals surface area (Å²) in [5.74, 6) is -0.0445. The van der Waals surface area contributed by atoms with Crippen molar-refractivity contribution in [3.63, 3.8) is 0 Å². The van der Waals surface area contributed by atoms with Crippen molar-refractivity contribution in [2.24, 2.45) is 0 Å². The number of hydrogen-bond acceptors (Lipinski definition) is 4. The van der Waals surface area contributed by atoms with E-state index in [1.165, 1.54) is 34.6 Å². The van der Waals surface area contributed by atoms with Crippen molar-refractivity contribution in [1.29, 1.82) is 0 Å². The number of hydrogen-bond donors (Lipinski definition) is 1. The van der Waals surface area contributed by atoms with Crippen LogP contribution in [0, 0.1) is 0 Å². The summed E-state index contributed by atoms with van der Waals surface area (Å²) in [6.45, 7) is 0. The summed E-state index contributed by atoms with van der Waals surface area (Å²) in [5.41, 5.74) is 3.17. The number of aromatic nitrogens is 1. The van der Waals surface area contributed by atoms with E-state index in [1.54, 1.807) is 11.3 Å². The van der Waals surface area contributed by atoms with Crippen LogP contribution in [0.25, 0.3) is 0 Å². The van der Waals surface area contributed by atoms with Gasteiger partial charge in [0.1, 0.15) is 0 Å². The van der Waals surface area contributed by atoms with Gasteiger partial charge in [0.05, 0.1) is 10.6 Å². The highest BCUT2D eigenvalue weighted by molar-refractivity contribution is 9.10. The van der Waals surface area contributed by atoms with Crippen LogP contribution in [-0.4, -0.2) is 10.9 Å². The molecule has 7 heteroatoms. The lowest BCUT2D eigenvalue weighted by Crippen LogP contribution is -2.14. The molecule has 0 atom stereocenters. The number of nitrogens with one attached hydrogen (secondary N) is 1. The van der Waals surface area contributed by atoms with Crippen molar-refractivity contribution < 1.29 is 4.79 Å². The summed E-state index contributed by atoms with van der Waals surface area (Å²) in [5, 5.41) is 6.29. The number of carbonyl (C=O) groups excluding carboxylic acids is 1. The van der Waals surface area contributed by atoms with Gasteiger partial charge in [-0.2, -0.15) is 0 Å². The van der Waals surface area contributed by atoms with Crippen LogP contribution in [0.5, 0.6) is 0 Å². The average Bonchev–Trinajstić information content (AvgIpc) is 3.25. The molecule has 2 heterocycles. The first-order valence-corrected chi connectivity index (χ1v) is 11.3. The number of aryl methyl sites for hydroxylation is 1. The molecule has 0 saturated heterocycles. The highest BCUT2D eigenvalue weighted by Crippen LogP contribution is 2.31. The Balaban J connectivity index is 1.45. The molecular weight excluding hydrogens is 452 g/mol. The molecule has 26 heavy (non-hydrogen) atoms. The molecule has 0 bridgehead atoms. The first-order chi connectivity index (χ1) is 12.6. The van der Waals surface area contributed by atoms with Crippen LogP contribution in [-0.2, 0) is 19.3 Å². The van der Waals surface area contributed by atoms with Crippen molar-refractivity contribution in [2.45, 2.75) is 32.1 Å². The highest BCUT2D eigenvalue weighted by atomic mass is 79.9. The second-order valence-electron chi connectivity index (χ2n) is 6.27. The third-order valence-electron chi connectivity index (χ3n) is 4.44. The van der Waals surface area contributed by atoms with Crippen molar-refractivity contribution in [2.75, 3.05) is 5.32 Å². The molecule has 4 rings (SSSR count). The van der Waals surface area contributed by atoms with Crippen LogP contribution in [0.3, 0.4) is 0 Å². The summed E-state index contributed by atoms with van der Waals surface area (Å²) in [7, 11) is 0. The van der Waals surface area contributed by atoms with Crippen LogP contribution >= 0.6 is 50.2 Å². The van der Waals surface area contributed by atoms with Gasteiger partial charge in [0.15, 0.2) is 5.13 Å². The van der Waals surface area contributed by atoms with Crippen LogP contribution in [0.4, 0.5) is 5.13 Å². The van der Waals surface area contributed by atoms with Gasteiger partial charge < -0.3 is 0 Å². The molecule has 0 fully saturated rings. The van der Waals surface area contributed by atoms with Gasteiger partial charge in [-0.05, 0) is 64.9 Å². The van der Waals surface area contributed by atoms with Gasteiger partial charge in [-0.25, -0.2) is 4.98 Å². The number of fused-ring (bicyclic) bond motifs is 1. The molecule has 1 N–H and O–H groups in total. The fourth-order valence-electron chi connectivity index (χ4n) is 3.15. The van der Waals surface area contributed by atoms with E-state index >= 15 is 0 Å². The van der Waals surface area contributed by atoms with Gasteiger partial charge in [0, 0.05) is 32.2 Å². The van der Waals surface area contributed by atoms with Gasteiger partial charge >= 0.3 is 0 Å². The molecule has 0 radical (unpaired) electrons. The van der Waals surface area contributed by atoms with Crippen molar-refractivity contribution in [3.05, 3.63) is 65.7 Å². The standard InChI is InChI=1S/C19H16BrClN2OS2/c20-15-6-5-11(8-16(15)21)7-12-9-22-19(26-12)23-18(24)14-10-25-17-4-2-1-3-13(14)17/h5-6,8-10H,1-4,7H2,(H,22,23,24). The van der Waals surface area contributed by atoms with E-state index in [4.69, 9.17) is 11.6 Å². The van der Waals surface area contributed by atoms with Gasteiger partial charge in [0.25, 0.3) is 5.91 Å². The minimum absolute atomic E-state index is 0.0445. The maximum atomic E-state index is 12.6. The molecule has 0 unspecified atom stereocenters. The molecule has 1 aromatic carbocycles. The quantitative estimate of drug-likeness (QED) is 0.486. The van der Waals surface area contributed by atoms with Crippen LogP contribution in [0.15, 0.2) is 34.2 Å². The maximum absolute atomic E-state index is 12.6. The number of benzene rings is 1. The summed E-state index contributed by atoms with van der Waals surface area (Å²) in [6, 6.07) is 5.92. The lowest BCUT2D eigenvalue weighted by molar-refractivity contribution is 0.102. The zero-order valence-corrected chi connectivity index (χ0v) is 17.8. The van der Waals surface area contributed by atoms with E-state index in [2.05, 4.69) is 26.2 Å². The number of thiazole rings is 1. The molecule has 134 valence electrons. The fourth-order valence-corrected chi connectivity index (χ4v) is 5.56. The molecule has 0 spiro atoms. The zero-order chi connectivity index (χ0) is 18.1. The Morgan fingerprint density at radius 3 is 3.00 bits per heavy atom.